The first-order valence-corrected chi connectivity index (χ1v) is 7.23. The molecule has 1 unspecified atom stereocenters. The maximum absolute atomic E-state index is 9.24. The van der Waals surface area contributed by atoms with Gasteiger partial charge in [0.1, 0.15) is 5.75 Å². The van der Waals surface area contributed by atoms with Gasteiger partial charge in [-0.15, -0.1) is 0 Å². The predicted octanol–water partition coefficient (Wildman–Crippen LogP) is 4.59. The molecule has 0 saturated heterocycles. The second kappa shape index (κ2) is 6.62. The lowest BCUT2D eigenvalue weighted by molar-refractivity contribution is 0.475. The monoisotopic (exact) mass is 319 g/mol. The fourth-order valence-corrected chi connectivity index (χ4v) is 2.21. The topological polar surface area (TPSA) is 32.3 Å². The Morgan fingerprint density at radius 2 is 1.68 bits per heavy atom. The molecule has 0 saturated carbocycles. The standard InChI is InChI=1S/C16H18BrNO/c1-12(18-15-8-6-14(17)7-9-15)2-3-13-4-10-16(19)11-5-13/h4-12,18-19H,2-3H2,1H3. The third-order valence-electron chi connectivity index (χ3n) is 3.06. The van der Waals surface area contributed by atoms with Gasteiger partial charge in [-0.25, -0.2) is 0 Å². The molecular weight excluding hydrogens is 302 g/mol. The zero-order chi connectivity index (χ0) is 13.7. The number of rotatable bonds is 5. The molecule has 0 amide bonds. The van der Waals surface area contributed by atoms with E-state index in [1.165, 1.54) is 5.56 Å². The second-order valence-electron chi connectivity index (χ2n) is 4.76. The fraction of sp³-hybridized carbons (Fsp3) is 0.250. The third-order valence-corrected chi connectivity index (χ3v) is 3.59. The average molecular weight is 320 g/mol. The molecule has 0 aromatic heterocycles. The molecule has 2 N–H and O–H groups in total. The van der Waals surface area contributed by atoms with Crippen LogP contribution in [0.3, 0.4) is 0 Å². The maximum atomic E-state index is 9.24. The normalized spacial score (nSPS) is 12.1. The average Bonchev–Trinajstić information content (AvgIpc) is 2.41. The van der Waals surface area contributed by atoms with E-state index in [2.05, 4.69) is 40.3 Å². The molecule has 3 heteroatoms. The minimum absolute atomic E-state index is 0.324. The maximum Gasteiger partial charge on any atom is 0.115 e. The third kappa shape index (κ3) is 4.60. The number of phenolic OH excluding ortho intramolecular Hbond substituents is 1. The Kier molecular flexibility index (Phi) is 4.86. The molecule has 0 bridgehead atoms. The molecule has 2 rings (SSSR count). The van der Waals surface area contributed by atoms with Gasteiger partial charge in [0.25, 0.3) is 0 Å². The Bertz CT molecular complexity index is 507. The molecule has 0 radical (unpaired) electrons. The molecular formula is C16H18BrNO. The molecule has 100 valence electrons. The lowest BCUT2D eigenvalue weighted by Gasteiger charge is -2.15. The number of hydrogen-bond acceptors (Lipinski definition) is 2. The molecule has 2 aromatic carbocycles. The number of benzene rings is 2. The van der Waals surface area contributed by atoms with E-state index in [4.69, 9.17) is 0 Å². The van der Waals surface area contributed by atoms with Crippen LogP contribution in [0.5, 0.6) is 5.75 Å². The Balaban J connectivity index is 1.82. The van der Waals surface area contributed by atoms with Gasteiger partial charge in [-0.05, 0) is 61.7 Å². The fourth-order valence-electron chi connectivity index (χ4n) is 1.95. The zero-order valence-corrected chi connectivity index (χ0v) is 12.5. The van der Waals surface area contributed by atoms with Crippen LogP contribution in [0.15, 0.2) is 53.0 Å². The summed E-state index contributed by atoms with van der Waals surface area (Å²) < 4.78 is 1.09. The Hall–Kier alpha value is -1.48. The number of aryl methyl sites for hydroxylation is 1. The van der Waals surface area contributed by atoms with Gasteiger partial charge in [-0.2, -0.15) is 0 Å². The van der Waals surface area contributed by atoms with Crippen molar-refractivity contribution in [2.75, 3.05) is 5.32 Å². The Morgan fingerprint density at radius 1 is 1.05 bits per heavy atom. The molecule has 0 spiro atoms. The Morgan fingerprint density at radius 3 is 2.32 bits per heavy atom. The summed E-state index contributed by atoms with van der Waals surface area (Å²) in [5.74, 6) is 0.324. The van der Waals surface area contributed by atoms with Crippen molar-refractivity contribution in [2.24, 2.45) is 0 Å². The minimum Gasteiger partial charge on any atom is -0.508 e. The van der Waals surface area contributed by atoms with Crippen molar-refractivity contribution in [1.29, 1.82) is 0 Å². The summed E-state index contributed by atoms with van der Waals surface area (Å²) in [6.07, 6.45) is 2.06. The highest BCUT2D eigenvalue weighted by Crippen LogP contribution is 2.17. The minimum atomic E-state index is 0.324. The van der Waals surface area contributed by atoms with E-state index in [1.54, 1.807) is 12.1 Å². The van der Waals surface area contributed by atoms with E-state index in [9.17, 15) is 5.11 Å². The number of hydrogen-bond donors (Lipinski definition) is 2. The summed E-state index contributed by atoms with van der Waals surface area (Å²) in [6.45, 7) is 2.18. The molecule has 2 aromatic rings. The van der Waals surface area contributed by atoms with Crippen molar-refractivity contribution < 1.29 is 5.11 Å². The first kappa shape index (κ1) is 13.9. The molecule has 0 aliphatic carbocycles. The van der Waals surface area contributed by atoms with Gasteiger partial charge >= 0.3 is 0 Å². The van der Waals surface area contributed by atoms with Gasteiger partial charge in [0.05, 0.1) is 0 Å². The van der Waals surface area contributed by atoms with Crippen LogP contribution in [-0.4, -0.2) is 11.1 Å². The van der Waals surface area contributed by atoms with Gasteiger partial charge in [-0.3, -0.25) is 0 Å². The lowest BCUT2D eigenvalue weighted by atomic mass is 10.1. The van der Waals surface area contributed by atoms with Crippen LogP contribution in [0.2, 0.25) is 0 Å². The molecule has 0 fully saturated rings. The predicted molar refractivity (Wildman–Crippen MR) is 83.7 cm³/mol. The highest BCUT2D eigenvalue weighted by Gasteiger charge is 2.03. The van der Waals surface area contributed by atoms with Gasteiger partial charge in [0, 0.05) is 16.2 Å². The summed E-state index contributed by atoms with van der Waals surface area (Å²) in [7, 11) is 0. The largest absolute Gasteiger partial charge is 0.508 e. The van der Waals surface area contributed by atoms with E-state index >= 15 is 0 Å². The van der Waals surface area contributed by atoms with Gasteiger partial charge in [0.15, 0.2) is 0 Å². The summed E-state index contributed by atoms with van der Waals surface area (Å²) in [4.78, 5) is 0. The molecule has 0 heterocycles. The van der Waals surface area contributed by atoms with Gasteiger partial charge in [0.2, 0.25) is 0 Å². The SMILES string of the molecule is CC(CCc1ccc(O)cc1)Nc1ccc(Br)cc1. The quantitative estimate of drug-likeness (QED) is 0.844. The van der Waals surface area contributed by atoms with Crippen molar-refractivity contribution >= 4 is 21.6 Å². The summed E-state index contributed by atoms with van der Waals surface area (Å²) >= 11 is 3.43. The van der Waals surface area contributed by atoms with Crippen LogP contribution < -0.4 is 5.32 Å². The number of aromatic hydroxyl groups is 1. The molecule has 2 nitrogen and oxygen atoms in total. The zero-order valence-electron chi connectivity index (χ0n) is 10.9. The molecule has 1 atom stereocenters. The van der Waals surface area contributed by atoms with Crippen LogP contribution in [0.25, 0.3) is 0 Å². The van der Waals surface area contributed by atoms with Crippen LogP contribution in [0.1, 0.15) is 18.9 Å². The van der Waals surface area contributed by atoms with Crippen molar-refractivity contribution in [1.82, 2.24) is 0 Å². The summed E-state index contributed by atoms with van der Waals surface area (Å²) in [6, 6.07) is 16.1. The number of halogens is 1. The van der Waals surface area contributed by atoms with Gasteiger partial charge < -0.3 is 10.4 Å². The van der Waals surface area contributed by atoms with E-state index in [0.717, 1.165) is 23.0 Å². The number of anilines is 1. The first-order chi connectivity index (χ1) is 9.13. The van der Waals surface area contributed by atoms with E-state index < -0.39 is 0 Å². The highest BCUT2D eigenvalue weighted by molar-refractivity contribution is 9.10. The number of nitrogens with one attached hydrogen (secondary N) is 1. The summed E-state index contributed by atoms with van der Waals surface area (Å²) in [5.41, 5.74) is 2.39. The smallest absolute Gasteiger partial charge is 0.115 e. The van der Waals surface area contributed by atoms with Gasteiger partial charge in [-0.1, -0.05) is 28.1 Å². The second-order valence-corrected chi connectivity index (χ2v) is 5.67. The van der Waals surface area contributed by atoms with E-state index in [-0.39, 0.29) is 0 Å². The highest BCUT2D eigenvalue weighted by atomic mass is 79.9. The Labute approximate surface area is 122 Å². The van der Waals surface area contributed by atoms with Crippen LogP contribution in [-0.2, 0) is 6.42 Å². The van der Waals surface area contributed by atoms with Crippen molar-refractivity contribution in [3.8, 4) is 5.75 Å². The first-order valence-electron chi connectivity index (χ1n) is 6.43. The van der Waals surface area contributed by atoms with Crippen molar-refractivity contribution in [2.45, 2.75) is 25.8 Å². The van der Waals surface area contributed by atoms with Crippen LogP contribution in [0, 0.1) is 0 Å². The summed E-state index contributed by atoms with van der Waals surface area (Å²) in [5, 5.41) is 12.7. The molecule has 0 aliphatic rings. The molecule has 0 aliphatic heterocycles. The lowest BCUT2D eigenvalue weighted by Crippen LogP contribution is -2.15. The van der Waals surface area contributed by atoms with Crippen molar-refractivity contribution in [3.63, 3.8) is 0 Å². The molecule has 19 heavy (non-hydrogen) atoms. The van der Waals surface area contributed by atoms with Crippen LogP contribution in [0.4, 0.5) is 5.69 Å². The van der Waals surface area contributed by atoms with E-state index in [0.29, 0.717) is 11.8 Å². The number of phenols is 1. The van der Waals surface area contributed by atoms with Crippen LogP contribution >= 0.6 is 15.9 Å². The van der Waals surface area contributed by atoms with Crippen molar-refractivity contribution in [3.05, 3.63) is 58.6 Å². The van der Waals surface area contributed by atoms with E-state index in [1.807, 2.05) is 24.3 Å².